The fourth-order valence-electron chi connectivity index (χ4n) is 1.63. The zero-order valence-corrected chi connectivity index (χ0v) is 12.8. The number of methoxy groups -OCH3 is 1. The molecule has 0 radical (unpaired) electrons. The lowest BCUT2D eigenvalue weighted by molar-refractivity contribution is 0.127. The van der Waals surface area contributed by atoms with Crippen molar-refractivity contribution in [3.05, 3.63) is 28.2 Å². The molecule has 2 nitrogen and oxygen atoms in total. The van der Waals surface area contributed by atoms with Gasteiger partial charge in [-0.25, -0.2) is 0 Å². The van der Waals surface area contributed by atoms with Crippen molar-refractivity contribution in [1.29, 1.82) is 0 Å². The Bertz CT molecular complexity index is 357. The van der Waals surface area contributed by atoms with Gasteiger partial charge < -0.3 is 9.84 Å². The lowest BCUT2D eigenvalue weighted by Crippen LogP contribution is -2.22. The van der Waals surface area contributed by atoms with Gasteiger partial charge in [-0.15, -0.1) is 0 Å². The van der Waals surface area contributed by atoms with Crippen molar-refractivity contribution in [2.24, 2.45) is 5.92 Å². The van der Waals surface area contributed by atoms with Crippen LogP contribution in [0.4, 0.5) is 0 Å². The van der Waals surface area contributed by atoms with Gasteiger partial charge in [0.15, 0.2) is 0 Å². The van der Waals surface area contributed by atoms with Gasteiger partial charge in [0.25, 0.3) is 0 Å². The number of hydrogen-bond donors (Lipinski definition) is 1. The Morgan fingerprint density at radius 1 is 1.47 bits per heavy atom. The molecule has 1 N–H and O–H groups in total. The van der Waals surface area contributed by atoms with Gasteiger partial charge in [-0.3, -0.25) is 0 Å². The van der Waals surface area contributed by atoms with E-state index in [0.717, 1.165) is 21.5 Å². The van der Waals surface area contributed by atoms with Crippen LogP contribution in [0.15, 0.2) is 22.7 Å². The number of ether oxygens (including phenoxy) is 1. The van der Waals surface area contributed by atoms with Gasteiger partial charge in [-0.2, -0.15) is 11.8 Å². The molecule has 0 spiro atoms. The number of aliphatic hydroxyl groups excluding tert-OH is 1. The molecule has 0 heterocycles. The number of rotatable bonds is 6. The standard InChI is InChI=1S/C13H19BrO2S/c1-9(8-17-3)13(15)7-10-6-11(16-2)4-5-12(10)14/h4-6,9,13,15H,7-8H2,1-3H3. The second-order valence-corrected chi connectivity index (χ2v) is 5.93. The molecule has 17 heavy (non-hydrogen) atoms. The Hall–Kier alpha value is -0.190. The lowest BCUT2D eigenvalue weighted by atomic mass is 9.99. The van der Waals surface area contributed by atoms with Crippen LogP contribution in [0.1, 0.15) is 12.5 Å². The summed E-state index contributed by atoms with van der Waals surface area (Å²) in [6.07, 6.45) is 2.40. The largest absolute Gasteiger partial charge is 0.497 e. The first-order valence-corrected chi connectivity index (χ1v) is 7.76. The molecule has 1 rings (SSSR count). The molecule has 1 aromatic rings. The number of benzene rings is 1. The first-order valence-electron chi connectivity index (χ1n) is 5.58. The maximum atomic E-state index is 10.1. The van der Waals surface area contributed by atoms with Crippen LogP contribution in [0.2, 0.25) is 0 Å². The van der Waals surface area contributed by atoms with E-state index >= 15 is 0 Å². The zero-order chi connectivity index (χ0) is 12.8. The predicted molar refractivity (Wildman–Crippen MR) is 78.0 cm³/mol. The molecular weight excluding hydrogens is 300 g/mol. The van der Waals surface area contributed by atoms with E-state index in [1.165, 1.54) is 0 Å². The van der Waals surface area contributed by atoms with Gasteiger partial charge in [0, 0.05) is 4.47 Å². The molecule has 2 unspecified atom stereocenters. The van der Waals surface area contributed by atoms with Gasteiger partial charge in [0.05, 0.1) is 13.2 Å². The highest BCUT2D eigenvalue weighted by Crippen LogP contribution is 2.25. The number of halogens is 1. The van der Waals surface area contributed by atoms with Gasteiger partial charge >= 0.3 is 0 Å². The summed E-state index contributed by atoms with van der Waals surface area (Å²) in [6.45, 7) is 2.08. The van der Waals surface area contributed by atoms with E-state index in [-0.39, 0.29) is 6.10 Å². The van der Waals surface area contributed by atoms with Gasteiger partial charge in [-0.05, 0) is 48.1 Å². The molecular formula is C13H19BrO2S. The van der Waals surface area contributed by atoms with Crippen molar-refractivity contribution in [2.45, 2.75) is 19.4 Å². The first kappa shape index (κ1) is 14.9. The summed E-state index contributed by atoms with van der Waals surface area (Å²) in [5, 5.41) is 10.1. The van der Waals surface area contributed by atoms with E-state index in [0.29, 0.717) is 12.3 Å². The highest BCUT2D eigenvalue weighted by atomic mass is 79.9. The van der Waals surface area contributed by atoms with Crippen LogP contribution in [0.5, 0.6) is 5.75 Å². The zero-order valence-electron chi connectivity index (χ0n) is 10.4. The Kier molecular flexibility index (Phi) is 6.38. The minimum atomic E-state index is -0.314. The molecule has 0 fully saturated rings. The molecule has 0 saturated heterocycles. The highest BCUT2D eigenvalue weighted by Gasteiger charge is 2.16. The summed E-state index contributed by atoms with van der Waals surface area (Å²) in [5.41, 5.74) is 1.09. The van der Waals surface area contributed by atoms with E-state index in [4.69, 9.17) is 4.74 Å². The van der Waals surface area contributed by atoms with Gasteiger partial charge in [-0.1, -0.05) is 22.9 Å². The maximum Gasteiger partial charge on any atom is 0.119 e. The monoisotopic (exact) mass is 318 g/mol. The van der Waals surface area contributed by atoms with Crippen molar-refractivity contribution < 1.29 is 9.84 Å². The van der Waals surface area contributed by atoms with Crippen LogP contribution >= 0.6 is 27.7 Å². The smallest absolute Gasteiger partial charge is 0.119 e. The highest BCUT2D eigenvalue weighted by molar-refractivity contribution is 9.10. The third kappa shape index (κ3) is 4.53. The van der Waals surface area contributed by atoms with E-state index in [2.05, 4.69) is 29.1 Å². The van der Waals surface area contributed by atoms with Gasteiger partial charge in [0.1, 0.15) is 5.75 Å². The quantitative estimate of drug-likeness (QED) is 0.872. The van der Waals surface area contributed by atoms with Crippen LogP contribution in [0, 0.1) is 5.92 Å². The van der Waals surface area contributed by atoms with Crippen molar-refractivity contribution >= 4 is 27.7 Å². The number of aliphatic hydroxyl groups is 1. The second kappa shape index (κ2) is 7.29. The van der Waals surface area contributed by atoms with E-state index in [9.17, 15) is 5.11 Å². The lowest BCUT2D eigenvalue weighted by Gasteiger charge is -2.18. The molecule has 0 aromatic heterocycles. The summed E-state index contributed by atoms with van der Waals surface area (Å²) in [7, 11) is 1.65. The molecule has 2 atom stereocenters. The minimum absolute atomic E-state index is 0.295. The Balaban J connectivity index is 2.73. The molecule has 0 bridgehead atoms. The van der Waals surface area contributed by atoms with Gasteiger partial charge in [0.2, 0.25) is 0 Å². The predicted octanol–water partition coefficient (Wildman–Crippen LogP) is 3.36. The summed E-state index contributed by atoms with van der Waals surface area (Å²) in [6, 6.07) is 5.84. The van der Waals surface area contributed by atoms with Crippen molar-refractivity contribution in [1.82, 2.24) is 0 Å². The average molecular weight is 319 g/mol. The molecule has 0 aliphatic carbocycles. The van der Waals surface area contributed by atoms with Crippen LogP contribution in [-0.4, -0.2) is 30.3 Å². The average Bonchev–Trinajstić information content (AvgIpc) is 2.32. The molecule has 1 aromatic carbocycles. The summed E-state index contributed by atoms with van der Waals surface area (Å²) >= 11 is 5.27. The summed E-state index contributed by atoms with van der Waals surface area (Å²) in [4.78, 5) is 0. The molecule has 96 valence electrons. The Morgan fingerprint density at radius 2 is 2.18 bits per heavy atom. The van der Waals surface area contributed by atoms with Crippen LogP contribution in [0.3, 0.4) is 0 Å². The normalized spacial score (nSPS) is 14.4. The molecule has 0 aliphatic rings. The Labute approximate surface area is 116 Å². The summed E-state index contributed by atoms with van der Waals surface area (Å²) in [5.74, 6) is 2.10. The second-order valence-electron chi connectivity index (χ2n) is 4.16. The third-order valence-corrected chi connectivity index (χ3v) is 4.40. The SMILES string of the molecule is COc1ccc(Br)c(CC(O)C(C)CSC)c1. The summed E-state index contributed by atoms with van der Waals surface area (Å²) < 4.78 is 6.21. The van der Waals surface area contributed by atoms with E-state index in [1.54, 1.807) is 18.9 Å². The number of thioether (sulfide) groups is 1. The van der Waals surface area contributed by atoms with Crippen molar-refractivity contribution in [3.8, 4) is 5.75 Å². The van der Waals surface area contributed by atoms with E-state index in [1.807, 2.05) is 18.2 Å². The Morgan fingerprint density at radius 3 is 2.76 bits per heavy atom. The minimum Gasteiger partial charge on any atom is -0.497 e. The van der Waals surface area contributed by atoms with Crippen molar-refractivity contribution in [2.75, 3.05) is 19.1 Å². The fourth-order valence-corrected chi connectivity index (χ4v) is 2.79. The molecule has 4 heteroatoms. The third-order valence-electron chi connectivity index (χ3n) is 2.77. The van der Waals surface area contributed by atoms with Crippen LogP contribution in [-0.2, 0) is 6.42 Å². The fraction of sp³-hybridized carbons (Fsp3) is 0.538. The topological polar surface area (TPSA) is 29.5 Å². The molecule has 0 saturated carbocycles. The molecule has 0 aliphatic heterocycles. The maximum absolute atomic E-state index is 10.1. The van der Waals surface area contributed by atoms with Crippen LogP contribution < -0.4 is 4.74 Å². The van der Waals surface area contributed by atoms with Crippen molar-refractivity contribution in [3.63, 3.8) is 0 Å². The van der Waals surface area contributed by atoms with Crippen LogP contribution in [0.25, 0.3) is 0 Å². The molecule has 0 amide bonds. The number of hydrogen-bond acceptors (Lipinski definition) is 3. The van der Waals surface area contributed by atoms with E-state index < -0.39 is 0 Å². The first-order chi connectivity index (χ1) is 8.08.